The van der Waals surface area contributed by atoms with E-state index in [2.05, 4.69) is 96.4 Å². The van der Waals surface area contributed by atoms with Crippen LogP contribution in [0, 0.1) is 3.57 Å². The van der Waals surface area contributed by atoms with Gasteiger partial charge in [-0.05, 0) is 72.5 Å². The smallest absolute Gasteiger partial charge is 0.0210 e. The van der Waals surface area contributed by atoms with E-state index in [0.29, 0.717) is 0 Å². The highest BCUT2D eigenvalue weighted by atomic mass is 127. The largest absolute Gasteiger partial charge is 0.308 e. The lowest BCUT2D eigenvalue weighted by Gasteiger charge is -2.26. The molecule has 0 saturated carbocycles. The zero-order valence-corrected chi connectivity index (χ0v) is 14.4. The highest BCUT2D eigenvalue weighted by molar-refractivity contribution is 14.1. The normalized spacial score (nSPS) is 11.6. The predicted molar refractivity (Wildman–Crippen MR) is 94.8 cm³/mol. The third-order valence-electron chi connectivity index (χ3n) is 3.57. The first kappa shape index (κ1) is 15.5. The molecule has 0 aliphatic heterocycles. The van der Waals surface area contributed by atoms with Crippen molar-refractivity contribution in [3.05, 3.63) is 69.3 Å². The topological polar surface area (TPSA) is 12.0 Å². The third-order valence-corrected chi connectivity index (χ3v) is 4.28. The van der Waals surface area contributed by atoms with Gasteiger partial charge < -0.3 is 5.32 Å². The molecule has 0 radical (unpaired) electrons. The zero-order valence-electron chi connectivity index (χ0n) is 12.2. The van der Waals surface area contributed by atoms with Gasteiger partial charge in [-0.1, -0.05) is 42.5 Å². The molecule has 2 heteroatoms. The Morgan fingerprint density at radius 2 is 1.55 bits per heavy atom. The Morgan fingerprint density at radius 3 is 2.20 bits per heavy atom. The van der Waals surface area contributed by atoms with Crippen LogP contribution in [0.25, 0.3) is 0 Å². The minimum atomic E-state index is 0.152. The van der Waals surface area contributed by atoms with Gasteiger partial charge in [0.1, 0.15) is 0 Å². The van der Waals surface area contributed by atoms with E-state index in [1.54, 1.807) is 0 Å². The maximum Gasteiger partial charge on any atom is 0.0210 e. The van der Waals surface area contributed by atoms with Crippen molar-refractivity contribution < 1.29 is 0 Å². The van der Waals surface area contributed by atoms with Crippen LogP contribution in [-0.2, 0) is 13.0 Å². The summed E-state index contributed by atoms with van der Waals surface area (Å²) in [6, 6.07) is 19.4. The van der Waals surface area contributed by atoms with E-state index in [-0.39, 0.29) is 5.54 Å². The molecule has 0 amide bonds. The van der Waals surface area contributed by atoms with Crippen molar-refractivity contribution in [2.24, 2.45) is 0 Å². The number of aryl methyl sites for hydroxylation is 1. The summed E-state index contributed by atoms with van der Waals surface area (Å²) in [5.74, 6) is 0. The van der Waals surface area contributed by atoms with E-state index in [4.69, 9.17) is 0 Å². The Bertz CT molecular complexity index is 517. The number of nitrogens with one attached hydrogen (secondary N) is 1. The summed E-state index contributed by atoms with van der Waals surface area (Å²) in [5, 5.41) is 3.66. The SMILES string of the molecule is CC(C)(CCc1ccccc1)NCc1ccc(I)cc1. The van der Waals surface area contributed by atoms with Crippen molar-refractivity contribution in [1.29, 1.82) is 0 Å². The average molecular weight is 379 g/mol. The maximum atomic E-state index is 3.66. The van der Waals surface area contributed by atoms with Crippen LogP contribution in [0.2, 0.25) is 0 Å². The van der Waals surface area contributed by atoms with Gasteiger partial charge in [0, 0.05) is 15.7 Å². The van der Waals surface area contributed by atoms with E-state index < -0.39 is 0 Å². The highest BCUT2D eigenvalue weighted by Crippen LogP contribution is 2.15. The summed E-state index contributed by atoms with van der Waals surface area (Å²) >= 11 is 2.34. The van der Waals surface area contributed by atoms with Crippen LogP contribution in [0.4, 0.5) is 0 Å². The monoisotopic (exact) mass is 379 g/mol. The molecular weight excluding hydrogens is 357 g/mol. The first-order valence-corrected chi connectivity index (χ1v) is 8.16. The molecule has 0 fully saturated rings. The van der Waals surface area contributed by atoms with Crippen molar-refractivity contribution in [3.63, 3.8) is 0 Å². The van der Waals surface area contributed by atoms with Gasteiger partial charge in [0.15, 0.2) is 0 Å². The Kier molecular flexibility index (Phi) is 5.61. The van der Waals surface area contributed by atoms with Crippen LogP contribution in [0.3, 0.4) is 0 Å². The van der Waals surface area contributed by atoms with Crippen molar-refractivity contribution >= 4 is 22.6 Å². The Morgan fingerprint density at radius 1 is 0.900 bits per heavy atom. The third kappa shape index (κ3) is 5.25. The number of hydrogen-bond acceptors (Lipinski definition) is 1. The summed E-state index contributed by atoms with van der Waals surface area (Å²) in [6.45, 7) is 5.49. The molecule has 1 nitrogen and oxygen atoms in total. The van der Waals surface area contributed by atoms with Gasteiger partial charge in [-0.25, -0.2) is 0 Å². The van der Waals surface area contributed by atoms with Gasteiger partial charge >= 0.3 is 0 Å². The Hall–Kier alpha value is -0.870. The first-order chi connectivity index (χ1) is 9.55. The van der Waals surface area contributed by atoms with Gasteiger partial charge in [0.2, 0.25) is 0 Å². The van der Waals surface area contributed by atoms with E-state index in [0.717, 1.165) is 19.4 Å². The van der Waals surface area contributed by atoms with E-state index >= 15 is 0 Å². The second-order valence-corrected chi connectivity index (χ2v) is 7.10. The molecule has 0 bridgehead atoms. The highest BCUT2D eigenvalue weighted by Gasteiger charge is 2.16. The molecule has 1 N–H and O–H groups in total. The zero-order chi connectivity index (χ0) is 14.4. The molecule has 0 aromatic heterocycles. The average Bonchev–Trinajstić information content (AvgIpc) is 2.46. The summed E-state index contributed by atoms with van der Waals surface area (Å²) < 4.78 is 1.29. The number of hydrogen-bond donors (Lipinski definition) is 1. The molecule has 2 aromatic carbocycles. The second kappa shape index (κ2) is 7.23. The summed E-state index contributed by atoms with van der Waals surface area (Å²) in [7, 11) is 0. The molecule has 2 aromatic rings. The quantitative estimate of drug-likeness (QED) is 0.712. The van der Waals surface area contributed by atoms with Gasteiger partial charge in [-0.2, -0.15) is 0 Å². The maximum absolute atomic E-state index is 3.66. The summed E-state index contributed by atoms with van der Waals surface area (Å²) in [6.07, 6.45) is 2.26. The second-order valence-electron chi connectivity index (χ2n) is 5.85. The van der Waals surface area contributed by atoms with Crippen LogP contribution in [0.15, 0.2) is 54.6 Å². The lowest BCUT2D eigenvalue weighted by Crippen LogP contribution is -2.39. The Balaban J connectivity index is 1.83. The van der Waals surface area contributed by atoms with Crippen molar-refractivity contribution in [3.8, 4) is 0 Å². The molecule has 20 heavy (non-hydrogen) atoms. The van der Waals surface area contributed by atoms with Crippen LogP contribution >= 0.6 is 22.6 Å². The number of rotatable bonds is 6. The molecule has 0 aliphatic rings. The van der Waals surface area contributed by atoms with Crippen LogP contribution < -0.4 is 5.32 Å². The summed E-state index contributed by atoms with van der Waals surface area (Å²) in [5.41, 5.74) is 2.91. The molecule has 0 unspecified atom stereocenters. The minimum Gasteiger partial charge on any atom is -0.308 e. The van der Waals surface area contributed by atoms with E-state index in [1.165, 1.54) is 14.7 Å². The minimum absolute atomic E-state index is 0.152. The fourth-order valence-corrected chi connectivity index (χ4v) is 2.49. The number of benzene rings is 2. The number of halogens is 1. The van der Waals surface area contributed by atoms with Crippen LogP contribution in [0.5, 0.6) is 0 Å². The van der Waals surface area contributed by atoms with Gasteiger partial charge in [-0.3, -0.25) is 0 Å². The standard InChI is InChI=1S/C18H22IN/c1-18(2,13-12-15-6-4-3-5-7-15)20-14-16-8-10-17(19)11-9-16/h3-11,20H,12-14H2,1-2H3. The fourth-order valence-electron chi connectivity index (χ4n) is 2.13. The van der Waals surface area contributed by atoms with Crippen molar-refractivity contribution in [2.75, 3.05) is 0 Å². The van der Waals surface area contributed by atoms with Crippen molar-refractivity contribution in [2.45, 2.75) is 38.8 Å². The first-order valence-electron chi connectivity index (χ1n) is 7.09. The molecule has 0 heterocycles. The Labute approximate surface area is 135 Å². The molecule has 0 saturated heterocycles. The van der Waals surface area contributed by atoms with Crippen LogP contribution in [0.1, 0.15) is 31.4 Å². The molecule has 2 rings (SSSR count). The summed E-state index contributed by atoms with van der Waals surface area (Å²) in [4.78, 5) is 0. The molecule has 0 atom stereocenters. The molecule has 106 valence electrons. The van der Waals surface area contributed by atoms with E-state index in [1.807, 2.05) is 0 Å². The lowest BCUT2D eigenvalue weighted by atomic mass is 9.95. The lowest BCUT2D eigenvalue weighted by molar-refractivity contribution is 0.360. The van der Waals surface area contributed by atoms with Crippen molar-refractivity contribution in [1.82, 2.24) is 5.32 Å². The van der Waals surface area contributed by atoms with Gasteiger partial charge in [0.25, 0.3) is 0 Å². The molecular formula is C18H22IN. The van der Waals surface area contributed by atoms with Gasteiger partial charge in [-0.15, -0.1) is 0 Å². The van der Waals surface area contributed by atoms with Crippen LogP contribution in [-0.4, -0.2) is 5.54 Å². The van der Waals surface area contributed by atoms with E-state index in [9.17, 15) is 0 Å². The molecule has 0 spiro atoms. The molecule has 0 aliphatic carbocycles. The fraction of sp³-hybridized carbons (Fsp3) is 0.333. The predicted octanol–water partition coefficient (Wildman–Crippen LogP) is 4.79. The van der Waals surface area contributed by atoms with Gasteiger partial charge in [0.05, 0.1) is 0 Å².